The Balaban J connectivity index is 1.54. The van der Waals surface area contributed by atoms with Gasteiger partial charge in [-0.25, -0.2) is 4.79 Å². The van der Waals surface area contributed by atoms with Crippen LogP contribution in [0.25, 0.3) is 11.4 Å². The average molecular weight is 413 g/mol. The summed E-state index contributed by atoms with van der Waals surface area (Å²) in [4.78, 5) is 19.2. The van der Waals surface area contributed by atoms with Crippen molar-refractivity contribution in [2.45, 2.75) is 25.3 Å². The molecule has 2 aromatic carbocycles. The van der Waals surface area contributed by atoms with Crippen LogP contribution in [0.3, 0.4) is 0 Å². The maximum Gasteiger partial charge on any atom is 0.322 e. The number of rotatable bonds is 4. The number of methoxy groups -OCH3 is 1. The lowest BCUT2D eigenvalue weighted by Crippen LogP contribution is -2.41. The van der Waals surface area contributed by atoms with E-state index in [1.54, 1.807) is 36.3 Å². The number of urea groups is 1. The third kappa shape index (κ3) is 4.35. The van der Waals surface area contributed by atoms with Crippen molar-refractivity contribution in [1.82, 2.24) is 15.0 Å². The molecule has 2 amide bonds. The van der Waals surface area contributed by atoms with Crippen molar-refractivity contribution in [1.29, 1.82) is 0 Å². The van der Waals surface area contributed by atoms with Gasteiger partial charge in [-0.15, -0.1) is 0 Å². The number of amides is 2. The van der Waals surface area contributed by atoms with E-state index in [0.717, 1.165) is 24.8 Å². The van der Waals surface area contributed by atoms with Gasteiger partial charge in [0.15, 0.2) is 0 Å². The van der Waals surface area contributed by atoms with Gasteiger partial charge in [0, 0.05) is 22.8 Å². The summed E-state index contributed by atoms with van der Waals surface area (Å²) in [5.41, 5.74) is 1.44. The predicted octanol–water partition coefficient (Wildman–Crippen LogP) is 5.16. The van der Waals surface area contributed by atoms with E-state index in [-0.39, 0.29) is 12.1 Å². The molecule has 29 heavy (non-hydrogen) atoms. The summed E-state index contributed by atoms with van der Waals surface area (Å²) in [6, 6.07) is 14.1. The number of hydrogen-bond acceptors (Lipinski definition) is 5. The molecule has 4 rings (SSSR count). The Morgan fingerprint density at radius 3 is 2.93 bits per heavy atom. The molecule has 7 nitrogen and oxygen atoms in total. The summed E-state index contributed by atoms with van der Waals surface area (Å²) in [6.07, 6.45) is 2.68. The number of likely N-dealkylation sites (tertiary alicyclic amines) is 1. The molecule has 150 valence electrons. The molecule has 1 N–H and O–H groups in total. The molecule has 2 heterocycles. The van der Waals surface area contributed by atoms with Gasteiger partial charge in [-0.3, -0.25) is 0 Å². The van der Waals surface area contributed by atoms with Crippen molar-refractivity contribution in [2.75, 3.05) is 19.0 Å². The number of piperidine rings is 1. The fourth-order valence-corrected chi connectivity index (χ4v) is 3.63. The molecule has 1 aromatic heterocycles. The van der Waals surface area contributed by atoms with Crippen molar-refractivity contribution in [3.63, 3.8) is 0 Å². The molecule has 0 spiro atoms. The lowest BCUT2D eigenvalue weighted by atomic mass is 10.0. The smallest absolute Gasteiger partial charge is 0.322 e. The predicted molar refractivity (Wildman–Crippen MR) is 110 cm³/mol. The van der Waals surface area contributed by atoms with Crippen LogP contribution in [-0.4, -0.2) is 34.7 Å². The summed E-state index contributed by atoms with van der Waals surface area (Å²) in [7, 11) is 1.61. The Kier molecular flexibility index (Phi) is 5.67. The lowest BCUT2D eigenvalue weighted by Gasteiger charge is -2.33. The van der Waals surface area contributed by atoms with Crippen molar-refractivity contribution < 1.29 is 14.1 Å². The number of halogens is 1. The number of nitrogens with zero attached hydrogens (tertiary/aromatic N) is 3. The van der Waals surface area contributed by atoms with Crippen LogP contribution in [0.2, 0.25) is 5.02 Å². The number of nitrogens with one attached hydrogen (secondary N) is 1. The van der Waals surface area contributed by atoms with Gasteiger partial charge in [-0.1, -0.05) is 35.0 Å². The van der Waals surface area contributed by atoms with Gasteiger partial charge in [0.25, 0.3) is 0 Å². The van der Waals surface area contributed by atoms with Crippen LogP contribution in [0.4, 0.5) is 10.5 Å². The third-order valence-corrected chi connectivity index (χ3v) is 5.13. The number of ether oxygens (including phenoxy) is 1. The highest BCUT2D eigenvalue weighted by atomic mass is 35.5. The molecule has 3 aromatic rings. The second-order valence-corrected chi connectivity index (χ2v) is 7.27. The van der Waals surface area contributed by atoms with Gasteiger partial charge in [0.2, 0.25) is 11.7 Å². The van der Waals surface area contributed by atoms with Gasteiger partial charge in [-0.2, -0.15) is 4.98 Å². The fourth-order valence-electron chi connectivity index (χ4n) is 3.44. The summed E-state index contributed by atoms with van der Waals surface area (Å²) in [5, 5.41) is 7.58. The monoisotopic (exact) mass is 412 g/mol. The number of hydrogen-bond donors (Lipinski definition) is 1. The molecule has 8 heteroatoms. The van der Waals surface area contributed by atoms with Crippen LogP contribution in [0.15, 0.2) is 53.1 Å². The summed E-state index contributed by atoms with van der Waals surface area (Å²) < 4.78 is 10.8. The van der Waals surface area contributed by atoms with E-state index in [0.29, 0.717) is 34.7 Å². The minimum absolute atomic E-state index is 0.210. The first-order valence-electron chi connectivity index (χ1n) is 9.45. The molecule has 0 bridgehead atoms. The molecule has 1 saturated heterocycles. The van der Waals surface area contributed by atoms with E-state index in [2.05, 4.69) is 15.5 Å². The van der Waals surface area contributed by atoms with E-state index < -0.39 is 0 Å². The number of carbonyl (C=O) groups is 1. The summed E-state index contributed by atoms with van der Waals surface area (Å²) in [5.74, 6) is 1.62. The standard InChI is InChI=1S/C21H21ClN4O3/c1-28-17-9-4-6-14(12-17)19-24-20(29-25-19)18-10-2-3-11-26(18)21(27)23-16-8-5-7-15(22)13-16/h4-9,12-13,18H,2-3,10-11H2,1H3,(H,23,27)/t18-/m1/s1. The van der Waals surface area contributed by atoms with E-state index in [1.807, 2.05) is 24.3 Å². The first-order chi connectivity index (χ1) is 14.1. The zero-order valence-corrected chi connectivity index (χ0v) is 16.7. The van der Waals surface area contributed by atoms with Crippen LogP contribution in [-0.2, 0) is 0 Å². The highest BCUT2D eigenvalue weighted by molar-refractivity contribution is 6.30. The largest absolute Gasteiger partial charge is 0.497 e. The Hall–Kier alpha value is -3.06. The lowest BCUT2D eigenvalue weighted by molar-refractivity contribution is 0.142. The minimum atomic E-state index is -0.269. The fraction of sp³-hybridized carbons (Fsp3) is 0.286. The van der Waals surface area contributed by atoms with Crippen LogP contribution < -0.4 is 10.1 Å². The molecule has 1 aliphatic rings. The molecule has 1 atom stereocenters. The van der Waals surface area contributed by atoms with Crippen molar-refractivity contribution in [3.8, 4) is 17.1 Å². The van der Waals surface area contributed by atoms with Crippen molar-refractivity contribution in [2.24, 2.45) is 0 Å². The third-order valence-electron chi connectivity index (χ3n) is 4.89. The molecular weight excluding hydrogens is 392 g/mol. The molecule has 0 saturated carbocycles. The number of aromatic nitrogens is 2. The minimum Gasteiger partial charge on any atom is -0.497 e. The Morgan fingerprint density at radius 2 is 2.10 bits per heavy atom. The highest BCUT2D eigenvalue weighted by Crippen LogP contribution is 2.32. The van der Waals surface area contributed by atoms with Crippen LogP contribution in [0.5, 0.6) is 5.75 Å². The Bertz CT molecular complexity index is 1010. The topological polar surface area (TPSA) is 80.5 Å². The molecule has 1 aliphatic heterocycles. The Morgan fingerprint density at radius 1 is 1.24 bits per heavy atom. The quantitative estimate of drug-likeness (QED) is 0.640. The molecule has 0 aliphatic carbocycles. The first kappa shape index (κ1) is 19.3. The number of carbonyl (C=O) groups excluding carboxylic acids is 1. The van der Waals surface area contributed by atoms with Crippen LogP contribution >= 0.6 is 11.6 Å². The maximum absolute atomic E-state index is 12.9. The van der Waals surface area contributed by atoms with E-state index in [1.165, 1.54) is 0 Å². The zero-order chi connectivity index (χ0) is 20.2. The van der Waals surface area contributed by atoms with Crippen LogP contribution in [0.1, 0.15) is 31.2 Å². The Labute approximate surface area is 173 Å². The zero-order valence-electron chi connectivity index (χ0n) is 16.0. The molecular formula is C21H21ClN4O3. The van der Waals surface area contributed by atoms with Crippen LogP contribution in [0, 0.1) is 0 Å². The second-order valence-electron chi connectivity index (χ2n) is 6.83. The molecule has 0 unspecified atom stereocenters. The normalized spacial score (nSPS) is 16.5. The maximum atomic E-state index is 12.9. The van der Waals surface area contributed by atoms with Gasteiger partial charge < -0.3 is 19.5 Å². The van der Waals surface area contributed by atoms with E-state index in [4.69, 9.17) is 20.9 Å². The van der Waals surface area contributed by atoms with Gasteiger partial charge in [0.1, 0.15) is 11.8 Å². The van der Waals surface area contributed by atoms with E-state index >= 15 is 0 Å². The first-order valence-corrected chi connectivity index (χ1v) is 9.83. The molecule has 0 radical (unpaired) electrons. The van der Waals surface area contributed by atoms with Gasteiger partial charge in [-0.05, 0) is 49.6 Å². The van der Waals surface area contributed by atoms with Gasteiger partial charge in [0.05, 0.1) is 7.11 Å². The van der Waals surface area contributed by atoms with Gasteiger partial charge >= 0.3 is 6.03 Å². The van der Waals surface area contributed by atoms with Crippen molar-refractivity contribution in [3.05, 3.63) is 59.4 Å². The number of anilines is 1. The molecule has 1 fully saturated rings. The SMILES string of the molecule is COc1cccc(-c2noc([C@H]3CCCCN3C(=O)Nc3cccc(Cl)c3)n2)c1. The van der Waals surface area contributed by atoms with Crippen molar-refractivity contribution >= 4 is 23.3 Å². The highest BCUT2D eigenvalue weighted by Gasteiger charge is 2.32. The average Bonchev–Trinajstić information content (AvgIpc) is 3.24. The summed E-state index contributed by atoms with van der Waals surface area (Å²) >= 11 is 6.01. The van der Waals surface area contributed by atoms with E-state index in [9.17, 15) is 4.79 Å². The second kappa shape index (κ2) is 8.53. The number of benzene rings is 2. The summed E-state index contributed by atoms with van der Waals surface area (Å²) in [6.45, 7) is 0.619.